The van der Waals surface area contributed by atoms with Gasteiger partial charge in [-0.2, -0.15) is 0 Å². The molecule has 1 fully saturated rings. The van der Waals surface area contributed by atoms with E-state index in [2.05, 4.69) is 45.2 Å². The van der Waals surface area contributed by atoms with Crippen molar-refractivity contribution in [2.24, 2.45) is 10.7 Å². The molecular formula is C35H44N6O2. The normalized spacial score (nSPS) is 17.7. The molecule has 0 aliphatic carbocycles. The van der Waals surface area contributed by atoms with Crippen molar-refractivity contribution in [2.75, 3.05) is 33.2 Å². The van der Waals surface area contributed by atoms with Gasteiger partial charge < -0.3 is 26.6 Å². The van der Waals surface area contributed by atoms with Crippen molar-refractivity contribution in [3.8, 4) is 0 Å². The molecule has 0 bridgehead atoms. The zero-order chi connectivity index (χ0) is 30.4. The molecule has 4 rings (SSSR count). The van der Waals surface area contributed by atoms with Gasteiger partial charge in [-0.1, -0.05) is 90.5 Å². The van der Waals surface area contributed by atoms with Crippen molar-refractivity contribution < 1.29 is 9.59 Å². The Balaban J connectivity index is 1.46. The molecule has 8 nitrogen and oxygen atoms in total. The molecule has 3 aromatic rings. The average molecular weight is 581 g/mol. The summed E-state index contributed by atoms with van der Waals surface area (Å²) < 4.78 is 0. The molecule has 0 spiro atoms. The lowest BCUT2D eigenvalue weighted by Gasteiger charge is -2.29. The summed E-state index contributed by atoms with van der Waals surface area (Å²) in [5.41, 5.74) is 10.3. The summed E-state index contributed by atoms with van der Waals surface area (Å²) in [5, 5.41) is 9.68. The third-order valence-corrected chi connectivity index (χ3v) is 7.81. The summed E-state index contributed by atoms with van der Waals surface area (Å²) in [4.78, 5) is 32.6. The van der Waals surface area contributed by atoms with Gasteiger partial charge in [0.15, 0.2) is 5.96 Å². The van der Waals surface area contributed by atoms with Gasteiger partial charge in [-0.25, -0.2) is 0 Å². The number of aliphatic imine (C=N–C) groups is 1. The van der Waals surface area contributed by atoms with Crippen LogP contribution in [0.4, 0.5) is 0 Å². The van der Waals surface area contributed by atoms with Gasteiger partial charge >= 0.3 is 0 Å². The van der Waals surface area contributed by atoms with Gasteiger partial charge in [-0.15, -0.1) is 0 Å². The minimum absolute atomic E-state index is 0.0441. The highest BCUT2D eigenvalue weighted by Crippen LogP contribution is 2.27. The van der Waals surface area contributed by atoms with Crippen LogP contribution >= 0.6 is 0 Å². The van der Waals surface area contributed by atoms with Crippen LogP contribution in [0.5, 0.6) is 0 Å². The Morgan fingerprint density at radius 3 is 2.40 bits per heavy atom. The molecule has 1 heterocycles. The number of rotatable bonds is 12. The molecule has 226 valence electrons. The van der Waals surface area contributed by atoms with E-state index in [0.717, 1.165) is 24.0 Å². The number of hydrogen-bond acceptors (Lipinski definition) is 4. The summed E-state index contributed by atoms with van der Waals surface area (Å²) in [5.74, 6) is 0.369. The quantitative estimate of drug-likeness (QED) is 0.113. The summed E-state index contributed by atoms with van der Waals surface area (Å²) in [6.07, 6.45) is 5.50. The van der Waals surface area contributed by atoms with Gasteiger partial charge in [-0.3, -0.25) is 14.6 Å². The first-order chi connectivity index (χ1) is 20.9. The molecule has 5 N–H and O–H groups in total. The summed E-state index contributed by atoms with van der Waals surface area (Å²) in [6.45, 7) is 4.27. The van der Waals surface area contributed by atoms with Crippen LogP contribution < -0.4 is 21.7 Å². The van der Waals surface area contributed by atoms with Crippen LogP contribution in [0, 0.1) is 6.92 Å². The minimum Gasteiger partial charge on any atom is -0.370 e. The number of hydrogen-bond donors (Lipinski definition) is 4. The zero-order valence-electron chi connectivity index (χ0n) is 25.2. The second kappa shape index (κ2) is 16.3. The summed E-state index contributed by atoms with van der Waals surface area (Å²) in [6, 6.07) is 28.3. The molecule has 0 saturated carbocycles. The molecule has 2 amide bonds. The average Bonchev–Trinajstić information content (AvgIpc) is 3.18. The van der Waals surface area contributed by atoms with Crippen molar-refractivity contribution >= 4 is 23.8 Å². The van der Waals surface area contributed by atoms with Crippen LogP contribution in [0.15, 0.2) is 96.0 Å². The van der Waals surface area contributed by atoms with E-state index in [0.29, 0.717) is 38.6 Å². The monoisotopic (exact) mass is 580 g/mol. The largest absolute Gasteiger partial charge is 0.370 e. The molecule has 2 atom stereocenters. The third-order valence-electron chi connectivity index (χ3n) is 7.81. The Bertz CT molecular complexity index is 1340. The first-order valence-electron chi connectivity index (χ1n) is 15.1. The molecule has 0 radical (unpaired) electrons. The molecular weight excluding hydrogens is 536 g/mol. The topological polar surface area (TPSA) is 112 Å². The Labute approximate surface area is 255 Å². The van der Waals surface area contributed by atoms with Crippen molar-refractivity contribution in [3.05, 3.63) is 113 Å². The Morgan fingerprint density at radius 1 is 1.05 bits per heavy atom. The van der Waals surface area contributed by atoms with Crippen molar-refractivity contribution in [1.82, 2.24) is 20.9 Å². The van der Waals surface area contributed by atoms with E-state index < -0.39 is 0 Å². The maximum absolute atomic E-state index is 14.0. The Hall–Kier alpha value is -4.43. The van der Waals surface area contributed by atoms with E-state index in [1.54, 1.807) is 13.1 Å². The second-order valence-corrected chi connectivity index (χ2v) is 11.0. The highest BCUT2D eigenvalue weighted by Gasteiger charge is 2.32. The van der Waals surface area contributed by atoms with Crippen LogP contribution in [0.1, 0.15) is 47.4 Å². The van der Waals surface area contributed by atoms with Gasteiger partial charge in [0, 0.05) is 51.3 Å². The molecule has 8 heteroatoms. The molecule has 2 unspecified atom stereocenters. The molecule has 43 heavy (non-hydrogen) atoms. The SMILES string of the molecule is CN=C(N)NCCCC1NC(CNC(=O)/C=C/c2cccc(C)c2)CCN(CC(c2ccccc2)c2ccccc2)C1=O. The highest BCUT2D eigenvalue weighted by atomic mass is 16.2. The van der Waals surface area contributed by atoms with Crippen LogP contribution in [0.3, 0.4) is 0 Å². The van der Waals surface area contributed by atoms with Crippen molar-refractivity contribution in [3.63, 3.8) is 0 Å². The van der Waals surface area contributed by atoms with Crippen LogP contribution in [-0.4, -0.2) is 68.0 Å². The fraction of sp³-hybridized carbons (Fsp3) is 0.343. The maximum atomic E-state index is 14.0. The number of aryl methyl sites for hydroxylation is 1. The maximum Gasteiger partial charge on any atom is 0.244 e. The van der Waals surface area contributed by atoms with Crippen molar-refractivity contribution in [1.29, 1.82) is 0 Å². The van der Waals surface area contributed by atoms with Gasteiger partial charge in [0.05, 0.1) is 6.04 Å². The first kappa shape index (κ1) is 31.5. The third kappa shape index (κ3) is 9.82. The number of guanidine groups is 1. The van der Waals surface area contributed by atoms with E-state index in [1.807, 2.05) is 78.6 Å². The van der Waals surface area contributed by atoms with Crippen LogP contribution in [-0.2, 0) is 9.59 Å². The molecule has 1 aliphatic heterocycles. The van der Waals surface area contributed by atoms with Crippen molar-refractivity contribution in [2.45, 2.75) is 44.2 Å². The minimum atomic E-state index is -0.374. The lowest BCUT2D eigenvalue weighted by atomic mass is 9.90. The highest BCUT2D eigenvalue weighted by molar-refractivity contribution is 5.91. The number of carbonyl (C=O) groups is 2. The molecule has 1 saturated heterocycles. The number of nitrogens with two attached hydrogens (primary N) is 1. The predicted molar refractivity (Wildman–Crippen MR) is 175 cm³/mol. The van der Waals surface area contributed by atoms with E-state index in [1.165, 1.54) is 11.1 Å². The Kier molecular flexibility index (Phi) is 11.9. The number of nitrogens with one attached hydrogen (secondary N) is 3. The number of nitrogens with zero attached hydrogens (tertiary/aromatic N) is 2. The molecule has 3 aromatic carbocycles. The van der Waals surface area contributed by atoms with E-state index in [4.69, 9.17) is 5.73 Å². The smallest absolute Gasteiger partial charge is 0.244 e. The second-order valence-electron chi connectivity index (χ2n) is 11.0. The fourth-order valence-corrected chi connectivity index (χ4v) is 5.45. The predicted octanol–water partition coefficient (Wildman–Crippen LogP) is 3.83. The van der Waals surface area contributed by atoms with Gasteiger partial charge in [0.1, 0.15) is 0 Å². The van der Waals surface area contributed by atoms with E-state index in [9.17, 15) is 9.59 Å². The zero-order valence-corrected chi connectivity index (χ0v) is 25.2. The standard InChI is InChI=1S/C35H44N6O2/c1-26-11-9-12-27(23-26)18-19-33(42)39-24-30-20-22-41(34(43)32(40-30)17-10-21-38-35(36)37-2)25-31(28-13-5-3-6-14-28)29-15-7-4-8-16-29/h3-9,11-16,18-19,23,30-32,40H,10,17,20-22,24-25H2,1-2H3,(H,39,42)(H3,36,37,38)/b19-18+. The number of benzene rings is 3. The summed E-state index contributed by atoms with van der Waals surface area (Å²) >= 11 is 0. The van der Waals surface area contributed by atoms with Crippen LogP contribution in [0.25, 0.3) is 6.08 Å². The fourth-order valence-electron chi connectivity index (χ4n) is 5.45. The van der Waals surface area contributed by atoms with Crippen LogP contribution in [0.2, 0.25) is 0 Å². The Morgan fingerprint density at radius 2 is 1.74 bits per heavy atom. The lowest BCUT2D eigenvalue weighted by molar-refractivity contribution is -0.133. The lowest BCUT2D eigenvalue weighted by Crippen LogP contribution is -2.49. The number of amides is 2. The van der Waals surface area contributed by atoms with E-state index >= 15 is 0 Å². The molecule has 1 aliphatic rings. The van der Waals surface area contributed by atoms with Gasteiger partial charge in [-0.05, 0) is 49.0 Å². The van der Waals surface area contributed by atoms with E-state index in [-0.39, 0.29) is 29.8 Å². The van der Waals surface area contributed by atoms with Gasteiger partial charge in [0.25, 0.3) is 0 Å². The van der Waals surface area contributed by atoms with Gasteiger partial charge in [0.2, 0.25) is 11.8 Å². The summed E-state index contributed by atoms with van der Waals surface area (Å²) in [7, 11) is 1.64. The first-order valence-corrected chi connectivity index (χ1v) is 15.1. The molecule has 0 aromatic heterocycles. The number of carbonyl (C=O) groups excluding carboxylic acids is 2.